The fourth-order valence-corrected chi connectivity index (χ4v) is 2.69. The van der Waals surface area contributed by atoms with Gasteiger partial charge in [0.25, 0.3) is 0 Å². The molecule has 25 heavy (non-hydrogen) atoms. The molecular formula is C20H18N2O3. The standard InChI is InChI=1S/C20H18N2O3/c1-24-19-8-7-14(9-15(19)12-23)10-16-11-18(22-13-21-16)17-5-3-4-6-20(17)25-2/h3-9,11-13H,10H2,1-2H3. The molecule has 5 nitrogen and oxygen atoms in total. The third-order valence-corrected chi connectivity index (χ3v) is 3.91. The summed E-state index contributed by atoms with van der Waals surface area (Å²) < 4.78 is 10.6. The van der Waals surface area contributed by atoms with Crippen LogP contribution in [0.2, 0.25) is 0 Å². The molecule has 1 heterocycles. The smallest absolute Gasteiger partial charge is 0.153 e. The van der Waals surface area contributed by atoms with E-state index in [1.165, 1.54) is 0 Å². The van der Waals surface area contributed by atoms with Crippen LogP contribution in [0.5, 0.6) is 11.5 Å². The second-order valence-electron chi connectivity index (χ2n) is 5.47. The number of hydrogen-bond acceptors (Lipinski definition) is 5. The summed E-state index contributed by atoms with van der Waals surface area (Å²) in [5, 5.41) is 0. The number of nitrogens with zero attached hydrogens (tertiary/aromatic N) is 2. The van der Waals surface area contributed by atoms with Gasteiger partial charge in [-0.2, -0.15) is 0 Å². The summed E-state index contributed by atoms with van der Waals surface area (Å²) in [5.74, 6) is 1.33. The van der Waals surface area contributed by atoms with Gasteiger partial charge in [-0.05, 0) is 35.9 Å². The summed E-state index contributed by atoms with van der Waals surface area (Å²) in [6.45, 7) is 0. The van der Waals surface area contributed by atoms with Crippen molar-refractivity contribution in [1.82, 2.24) is 9.97 Å². The van der Waals surface area contributed by atoms with Gasteiger partial charge in [-0.15, -0.1) is 0 Å². The van der Waals surface area contributed by atoms with Crippen LogP contribution >= 0.6 is 0 Å². The van der Waals surface area contributed by atoms with Crippen LogP contribution < -0.4 is 9.47 Å². The lowest BCUT2D eigenvalue weighted by Crippen LogP contribution is -1.98. The maximum atomic E-state index is 11.2. The third-order valence-electron chi connectivity index (χ3n) is 3.91. The van der Waals surface area contributed by atoms with Crippen LogP contribution in [-0.2, 0) is 6.42 Å². The maximum Gasteiger partial charge on any atom is 0.153 e. The zero-order valence-electron chi connectivity index (χ0n) is 14.1. The number of ether oxygens (including phenoxy) is 2. The average molecular weight is 334 g/mol. The summed E-state index contributed by atoms with van der Waals surface area (Å²) in [7, 11) is 3.19. The quantitative estimate of drug-likeness (QED) is 0.645. The minimum atomic E-state index is 0.527. The van der Waals surface area contributed by atoms with Crippen molar-refractivity contribution in [3.05, 3.63) is 71.7 Å². The first-order valence-corrected chi connectivity index (χ1v) is 7.81. The molecule has 0 N–H and O–H groups in total. The molecule has 0 amide bonds. The lowest BCUT2D eigenvalue weighted by Gasteiger charge is -2.09. The van der Waals surface area contributed by atoms with E-state index in [-0.39, 0.29) is 0 Å². The number of aromatic nitrogens is 2. The van der Waals surface area contributed by atoms with Gasteiger partial charge in [-0.1, -0.05) is 18.2 Å². The number of para-hydroxylation sites is 1. The Kier molecular flexibility index (Phi) is 5.04. The highest BCUT2D eigenvalue weighted by molar-refractivity contribution is 5.79. The summed E-state index contributed by atoms with van der Waals surface area (Å²) in [5.41, 5.74) is 4.08. The Morgan fingerprint density at radius 1 is 0.960 bits per heavy atom. The summed E-state index contributed by atoms with van der Waals surface area (Å²) in [6, 6.07) is 15.2. The number of methoxy groups -OCH3 is 2. The van der Waals surface area contributed by atoms with Crippen molar-refractivity contribution in [2.45, 2.75) is 6.42 Å². The molecule has 0 unspecified atom stereocenters. The van der Waals surface area contributed by atoms with E-state index in [1.54, 1.807) is 26.6 Å². The first-order chi connectivity index (χ1) is 12.2. The molecule has 3 rings (SSSR count). The Morgan fingerprint density at radius 2 is 1.76 bits per heavy atom. The molecule has 126 valence electrons. The SMILES string of the molecule is COc1ccc(Cc2cc(-c3ccccc3OC)ncn2)cc1C=O. The van der Waals surface area contributed by atoms with Crippen molar-refractivity contribution >= 4 is 6.29 Å². The maximum absolute atomic E-state index is 11.2. The fourth-order valence-electron chi connectivity index (χ4n) is 2.69. The Hall–Kier alpha value is -3.21. The van der Waals surface area contributed by atoms with Crippen LogP contribution in [0.1, 0.15) is 21.6 Å². The zero-order valence-corrected chi connectivity index (χ0v) is 14.1. The highest BCUT2D eigenvalue weighted by atomic mass is 16.5. The number of carbonyl (C=O) groups is 1. The molecule has 0 saturated heterocycles. The van der Waals surface area contributed by atoms with Gasteiger partial charge in [0, 0.05) is 17.7 Å². The van der Waals surface area contributed by atoms with Crippen molar-refractivity contribution in [2.24, 2.45) is 0 Å². The monoisotopic (exact) mass is 334 g/mol. The molecule has 0 saturated carbocycles. The summed E-state index contributed by atoms with van der Waals surface area (Å²) >= 11 is 0. The normalized spacial score (nSPS) is 10.3. The second-order valence-corrected chi connectivity index (χ2v) is 5.47. The molecule has 0 fully saturated rings. The van der Waals surface area contributed by atoms with Gasteiger partial charge >= 0.3 is 0 Å². The number of rotatable bonds is 6. The van der Waals surface area contributed by atoms with Crippen LogP contribution in [-0.4, -0.2) is 30.5 Å². The lowest BCUT2D eigenvalue weighted by molar-refractivity contribution is 0.112. The predicted molar refractivity (Wildman–Crippen MR) is 95.2 cm³/mol. The van der Waals surface area contributed by atoms with Crippen LogP contribution in [0.3, 0.4) is 0 Å². The fraction of sp³-hybridized carbons (Fsp3) is 0.150. The number of benzene rings is 2. The number of carbonyl (C=O) groups excluding carboxylic acids is 1. The van der Waals surface area contributed by atoms with Crippen molar-refractivity contribution in [3.8, 4) is 22.8 Å². The van der Waals surface area contributed by atoms with E-state index in [0.717, 1.165) is 34.6 Å². The molecule has 3 aromatic rings. The Morgan fingerprint density at radius 3 is 2.52 bits per heavy atom. The zero-order chi connectivity index (χ0) is 17.6. The van der Waals surface area contributed by atoms with E-state index in [9.17, 15) is 4.79 Å². The highest BCUT2D eigenvalue weighted by Gasteiger charge is 2.09. The Labute approximate surface area is 146 Å². The molecule has 2 aromatic carbocycles. The van der Waals surface area contributed by atoms with Gasteiger partial charge in [0.2, 0.25) is 0 Å². The molecule has 0 radical (unpaired) electrons. The van der Waals surface area contributed by atoms with Crippen LogP contribution in [0.15, 0.2) is 54.9 Å². The van der Waals surface area contributed by atoms with Crippen LogP contribution in [0.4, 0.5) is 0 Å². The third kappa shape index (κ3) is 3.66. The predicted octanol–water partition coefficient (Wildman–Crippen LogP) is 3.56. The van der Waals surface area contributed by atoms with E-state index in [4.69, 9.17) is 9.47 Å². The van der Waals surface area contributed by atoms with Gasteiger partial charge < -0.3 is 9.47 Å². The molecule has 0 atom stereocenters. The lowest BCUT2D eigenvalue weighted by atomic mass is 10.0. The van der Waals surface area contributed by atoms with Crippen molar-refractivity contribution in [2.75, 3.05) is 14.2 Å². The molecule has 5 heteroatoms. The van der Waals surface area contributed by atoms with Crippen LogP contribution in [0, 0.1) is 0 Å². The van der Waals surface area contributed by atoms with Gasteiger partial charge in [0.15, 0.2) is 6.29 Å². The number of hydrogen-bond donors (Lipinski definition) is 0. The van der Waals surface area contributed by atoms with Crippen LogP contribution in [0.25, 0.3) is 11.3 Å². The summed E-state index contributed by atoms with van der Waals surface area (Å²) in [4.78, 5) is 19.9. The molecule has 0 aliphatic carbocycles. The molecule has 0 aliphatic heterocycles. The molecule has 1 aromatic heterocycles. The van der Waals surface area contributed by atoms with Crippen molar-refractivity contribution < 1.29 is 14.3 Å². The van der Waals surface area contributed by atoms with E-state index in [0.29, 0.717) is 17.7 Å². The minimum Gasteiger partial charge on any atom is -0.496 e. The minimum absolute atomic E-state index is 0.527. The topological polar surface area (TPSA) is 61.3 Å². The largest absolute Gasteiger partial charge is 0.496 e. The van der Waals surface area contributed by atoms with Crippen molar-refractivity contribution in [3.63, 3.8) is 0 Å². The molecule has 0 spiro atoms. The Bertz CT molecular complexity index is 894. The first kappa shape index (κ1) is 16.6. The number of aldehydes is 1. The van der Waals surface area contributed by atoms with Gasteiger partial charge in [0.1, 0.15) is 17.8 Å². The average Bonchev–Trinajstić information content (AvgIpc) is 2.68. The molecule has 0 aliphatic rings. The first-order valence-electron chi connectivity index (χ1n) is 7.81. The highest BCUT2D eigenvalue weighted by Crippen LogP contribution is 2.28. The molecule has 0 bridgehead atoms. The summed E-state index contributed by atoms with van der Waals surface area (Å²) in [6.07, 6.45) is 2.93. The van der Waals surface area contributed by atoms with Gasteiger partial charge in [0.05, 0.1) is 25.5 Å². The van der Waals surface area contributed by atoms with E-state index >= 15 is 0 Å². The van der Waals surface area contributed by atoms with E-state index < -0.39 is 0 Å². The molecular weight excluding hydrogens is 316 g/mol. The van der Waals surface area contributed by atoms with E-state index in [2.05, 4.69) is 9.97 Å². The van der Waals surface area contributed by atoms with E-state index in [1.807, 2.05) is 42.5 Å². The Balaban J connectivity index is 1.91. The van der Waals surface area contributed by atoms with Gasteiger partial charge in [-0.25, -0.2) is 9.97 Å². The van der Waals surface area contributed by atoms with Gasteiger partial charge in [-0.3, -0.25) is 4.79 Å². The second kappa shape index (κ2) is 7.57. The van der Waals surface area contributed by atoms with Crippen molar-refractivity contribution in [1.29, 1.82) is 0 Å².